The third-order valence-corrected chi connectivity index (χ3v) is 4.30. The van der Waals surface area contributed by atoms with Gasteiger partial charge in [0.25, 0.3) is 0 Å². The lowest BCUT2D eigenvalue weighted by Crippen LogP contribution is -2.45. The molecule has 0 bridgehead atoms. The first-order valence-electron chi connectivity index (χ1n) is 7.95. The zero-order chi connectivity index (χ0) is 16.1. The van der Waals surface area contributed by atoms with Gasteiger partial charge in [0.15, 0.2) is 0 Å². The largest absolute Gasteiger partial charge is 0.492 e. The van der Waals surface area contributed by atoms with Crippen LogP contribution in [0.5, 0.6) is 5.75 Å². The molecule has 6 nitrogen and oxygen atoms in total. The molecule has 23 heavy (non-hydrogen) atoms. The number of aromatic nitrogens is 3. The van der Waals surface area contributed by atoms with E-state index < -0.39 is 0 Å². The van der Waals surface area contributed by atoms with Crippen molar-refractivity contribution in [2.24, 2.45) is 0 Å². The van der Waals surface area contributed by atoms with E-state index in [-0.39, 0.29) is 0 Å². The Hall–Kier alpha value is -1.63. The molecule has 2 aromatic rings. The monoisotopic (exact) mass is 335 g/mol. The molecule has 0 radical (unpaired) electrons. The molecule has 0 spiro atoms. The van der Waals surface area contributed by atoms with Crippen LogP contribution >= 0.6 is 11.6 Å². The first-order valence-corrected chi connectivity index (χ1v) is 8.32. The summed E-state index contributed by atoms with van der Waals surface area (Å²) in [5, 5.41) is 7.49. The molecule has 1 aromatic heterocycles. The molecule has 1 N–H and O–H groups in total. The van der Waals surface area contributed by atoms with E-state index in [1.807, 2.05) is 19.1 Å². The van der Waals surface area contributed by atoms with E-state index >= 15 is 0 Å². The lowest BCUT2D eigenvalue weighted by molar-refractivity contribution is 0.120. The molecule has 1 aliphatic heterocycles. The number of ether oxygens (including phenoxy) is 1. The zero-order valence-corrected chi connectivity index (χ0v) is 14.1. The van der Waals surface area contributed by atoms with E-state index in [0.717, 1.165) is 50.8 Å². The van der Waals surface area contributed by atoms with Crippen LogP contribution in [-0.4, -0.2) is 57.8 Å². The average molecular weight is 336 g/mol. The first-order chi connectivity index (χ1) is 11.2. The number of nitrogens with zero attached hydrogens (tertiary/aromatic N) is 4. The van der Waals surface area contributed by atoms with Crippen LogP contribution < -0.4 is 4.74 Å². The quantitative estimate of drug-likeness (QED) is 0.876. The lowest BCUT2D eigenvalue weighted by atomic mass is 10.2. The van der Waals surface area contributed by atoms with Crippen LogP contribution in [0.4, 0.5) is 0 Å². The molecule has 0 amide bonds. The second kappa shape index (κ2) is 7.77. The summed E-state index contributed by atoms with van der Waals surface area (Å²) in [7, 11) is 0. The Bertz CT molecular complexity index is 611. The van der Waals surface area contributed by atoms with E-state index in [1.54, 1.807) is 6.33 Å². The van der Waals surface area contributed by atoms with Crippen molar-refractivity contribution in [3.8, 4) is 5.75 Å². The van der Waals surface area contributed by atoms with Gasteiger partial charge in [-0.3, -0.25) is 14.9 Å². The van der Waals surface area contributed by atoms with Crippen molar-refractivity contribution in [2.45, 2.75) is 20.0 Å². The Balaban J connectivity index is 1.49. The van der Waals surface area contributed by atoms with Crippen molar-refractivity contribution in [3.05, 3.63) is 40.9 Å². The summed E-state index contributed by atoms with van der Waals surface area (Å²) < 4.78 is 5.48. The minimum atomic E-state index is 0.631. The highest BCUT2D eigenvalue weighted by Crippen LogP contribution is 2.26. The van der Waals surface area contributed by atoms with Crippen LogP contribution in [0.25, 0.3) is 0 Å². The van der Waals surface area contributed by atoms with E-state index in [1.165, 1.54) is 5.56 Å². The maximum absolute atomic E-state index is 6.26. The van der Waals surface area contributed by atoms with Crippen molar-refractivity contribution in [1.29, 1.82) is 0 Å². The number of hydrogen-bond donors (Lipinski definition) is 1. The lowest BCUT2D eigenvalue weighted by Gasteiger charge is -2.34. The van der Waals surface area contributed by atoms with Gasteiger partial charge < -0.3 is 4.74 Å². The first kappa shape index (κ1) is 16.2. The minimum Gasteiger partial charge on any atom is -0.492 e. The summed E-state index contributed by atoms with van der Waals surface area (Å²) in [6.45, 7) is 8.49. The standard InChI is InChI=1S/C16H22ClN5O/c1-2-23-15-4-3-13(9-14(15)17)10-21-5-7-22(8-6-21)11-16-18-12-19-20-16/h3-4,9,12H,2,5-8,10-11H2,1H3,(H,18,19,20). The number of nitrogens with one attached hydrogen (secondary N) is 1. The van der Waals surface area contributed by atoms with Gasteiger partial charge in [-0.25, -0.2) is 4.98 Å². The van der Waals surface area contributed by atoms with Crippen LogP contribution in [0.2, 0.25) is 5.02 Å². The van der Waals surface area contributed by atoms with Crippen molar-refractivity contribution in [1.82, 2.24) is 25.0 Å². The smallest absolute Gasteiger partial charge is 0.138 e. The molecule has 0 aliphatic carbocycles. The van der Waals surface area contributed by atoms with Gasteiger partial charge >= 0.3 is 0 Å². The van der Waals surface area contributed by atoms with Gasteiger partial charge in [0.1, 0.15) is 17.9 Å². The second-order valence-electron chi connectivity index (χ2n) is 5.68. The van der Waals surface area contributed by atoms with Crippen molar-refractivity contribution < 1.29 is 4.74 Å². The number of rotatable bonds is 6. The predicted molar refractivity (Wildman–Crippen MR) is 89.6 cm³/mol. The van der Waals surface area contributed by atoms with Gasteiger partial charge in [-0.1, -0.05) is 17.7 Å². The molecule has 1 aromatic carbocycles. The molecule has 1 fully saturated rings. The fraction of sp³-hybridized carbons (Fsp3) is 0.500. The van der Waals surface area contributed by atoms with E-state index in [9.17, 15) is 0 Å². The number of H-pyrrole nitrogens is 1. The molecular formula is C16H22ClN5O. The summed E-state index contributed by atoms with van der Waals surface area (Å²) >= 11 is 6.26. The fourth-order valence-corrected chi connectivity index (χ4v) is 3.06. The average Bonchev–Trinajstić information content (AvgIpc) is 3.05. The molecule has 124 valence electrons. The third-order valence-electron chi connectivity index (χ3n) is 4.01. The normalized spacial score (nSPS) is 16.6. The fourth-order valence-electron chi connectivity index (χ4n) is 2.80. The summed E-state index contributed by atoms with van der Waals surface area (Å²) in [5.74, 6) is 1.69. The molecule has 3 rings (SSSR count). The van der Waals surface area contributed by atoms with E-state index in [0.29, 0.717) is 11.6 Å². The number of halogens is 1. The Morgan fingerprint density at radius 1 is 1.17 bits per heavy atom. The summed E-state index contributed by atoms with van der Waals surface area (Å²) in [6.07, 6.45) is 1.56. The number of aromatic amines is 1. The van der Waals surface area contributed by atoms with E-state index in [4.69, 9.17) is 16.3 Å². The molecule has 0 unspecified atom stereocenters. The van der Waals surface area contributed by atoms with Crippen LogP contribution in [0.1, 0.15) is 18.3 Å². The molecule has 1 saturated heterocycles. The Morgan fingerprint density at radius 2 is 1.91 bits per heavy atom. The molecule has 0 atom stereocenters. The molecule has 2 heterocycles. The van der Waals surface area contributed by atoms with Gasteiger partial charge in [-0.05, 0) is 24.6 Å². The van der Waals surface area contributed by atoms with E-state index in [2.05, 4.69) is 31.0 Å². The van der Waals surface area contributed by atoms with Crippen LogP contribution in [-0.2, 0) is 13.1 Å². The molecule has 0 saturated carbocycles. The SMILES string of the molecule is CCOc1ccc(CN2CCN(Cc3ncn[nH]3)CC2)cc1Cl. The number of piperazine rings is 1. The van der Waals surface area contributed by atoms with Gasteiger partial charge in [-0.15, -0.1) is 0 Å². The Morgan fingerprint density at radius 3 is 2.52 bits per heavy atom. The van der Waals surface area contributed by atoms with Gasteiger partial charge in [0.2, 0.25) is 0 Å². The second-order valence-corrected chi connectivity index (χ2v) is 6.09. The third kappa shape index (κ3) is 4.43. The van der Waals surface area contributed by atoms with Crippen LogP contribution in [0.15, 0.2) is 24.5 Å². The number of benzene rings is 1. The molecule has 7 heteroatoms. The van der Waals surface area contributed by atoms with Crippen molar-refractivity contribution in [3.63, 3.8) is 0 Å². The minimum absolute atomic E-state index is 0.631. The molecular weight excluding hydrogens is 314 g/mol. The van der Waals surface area contributed by atoms with Crippen LogP contribution in [0.3, 0.4) is 0 Å². The summed E-state index contributed by atoms with van der Waals surface area (Å²) in [4.78, 5) is 9.02. The van der Waals surface area contributed by atoms with Gasteiger partial charge in [0.05, 0.1) is 18.2 Å². The highest BCUT2D eigenvalue weighted by Gasteiger charge is 2.18. The van der Waals surface area contributed by atoms with Crippen molar-refractivity contribution in [2.75, 3.05) is 32.8 Å². The highest BCUT2D eigenvalue weighted by atomic mass is 35.5. The predicted octanol–water partition coefficient (Wildman–Crippen LogP) is 2.17. The highest BCUT2D eigenvalue weighted by molar-refractivity contribution is 6.32. The topological polar surface area (TPSA) is 57.3 Å². The maximum Gasteiger partial charge on any atom is 0.138 e. The van der Waals surface area contributed by atoms with Crippen LogP contribution in [0, 0.1) is 0 Å². The van der Waals surface area contributed by atoms with Gasteiger partial charge in [-0.2, -0.15) is 5.10 Å². The maximum atomic E-state index is 6.26. The molecule has 1 aliphatic rings. The number of hydrogen-bond acceptors (Lipinski definition) is 5. The Kier molecular flexibility index (Phi) is 5.48. The van der Waals surface area contributed by atoms with Gasteiger partial charge in [0, 0.05) is 32.7 Å². The van der Waals surface area contributed by atoms with Crippen molar-refractivity contribution >= 4 is 11.6 Å². The summed E-state index contributed by atoms with van der Waals surface area (Å²) in [5.41, 5.74) is 1.22. The Labute approximate surface area is 141 Å². The summed E-state index contributed by atoms with van der Waals surface area (Å²) in [6, 6.07) is 6.06. The zero-order valence-electron chi connectivity index (χ0n) is 13.3.